The summed E-state index contributed by atoms with van der Waals surface area (Å²) in [7, 11) is 0. The van der Waals surface area contributed by atoms with Crippen LogP contribution in [0.2, 0.25) is 0 Å². The maximum absolute atomic E-state index is 12.0. The third-order valence-corrected chi connectivity index (χ3v) is 3.60. The van der Waals surface area contributed by atoms with Crippen molar-refractivity contribution in [3.63, 3.8) is 0 Å². The molecule has 0 saturated carbocycles. The van der Waals surface area contributed by atoms with Crippen molar-refractivity contribution in [1.82, 2.24) is 15.3 Å². The first kappa shape index (κ1) is 15.5. The molecule has 1 heterocycles. The highest BCUT2D eigenvalue weighted by Gasteiger charge is 2.06. The van der Waals surface area contributed by atoms with E-state index in [0.717, 1.165) is 15.7 Å². The molecule has 1 aromatic heterocycles. The molecule has 0 fully saturated rings. The fourth-order valence-electron chi connectivity index (χ4n) is 2.03. The van der Waals surface area contributed by atoms with Crippen LogP contribution >= 0.6 is 15.9 Å². The Balaban J connectivity index is 1.57. The van der Waals surface area contributed by atoms with Gasteiger partial charge in [0.25, 0.3) is 5.91 Å². The first-order valence-electron chi connectivity index (χ1n) is 6.99. The van der Waals surface area contributed by atoms with Crippen LogP contribution in [0.15, 0.2) is 71.5 Å². The molecule has 23 heavy (non-hydrogen) atoms. The van der Waals surface area contributed by atoms with E-state index in [4.69, 9.17) is 4.84 Å². The lowest BCUT2D eigenvalue weighted by Crippen LogP contribution is -2.23. The van der Waals surface area contributed by atoms with E-state index in [1.807, 2.05) is 48.7 Å². The standard InChI is InChI=1S/C17H14BrN3O2/c18-15-10-19-21(11-15)16-8-6-14(7-9-16)17(22)20-23-12-13-4-2-1-3-5-13/h1-11H,12H2,(H,20,22). The molecular weight excluding hydrogens is 358 g/mol. The van der Waals surface area contributed by atoms with E-state index in [-0.39, 0.29) is 5.91 Å². The van der Waals surface area contributed by atoms with Gasteiger partial charge < -0.3 is 0 Å². The largest absolute Gasteiger partial charge is 0.274 e. The molecule has 116 valence electrons. The Morgan fingerprint density at radius 1 is 1.13 bits per heavy atom. The van der Waals surface area contributed by atoms with E-state index < -0.39 is 0 Å². The molecule has 1 amide bonds. The second kappa shape index (κ2) is 7.21. The van der Waals surface area contributed by atoms with Crippen molar-refractivity contribution in [2.24, 2.45) is 0 Å². The maximum atomic E-state index is 12.0. The van der Waals surface area contributed by atoms with Crippen molar-refractivity contribution in [2.75, 3.05) is 0 Å². The molecule has 3 rings (SSSR count). The van der Waals surface area contributed by atoms with E-state index in [1.54, 1.807) is 23.0 Å². The van der Waals surface area contributed by atoms with Gasteiger partial charge in [0.1, 0.15) is 0 Å². The van der Waals surface area contributed by atoms with E-state index in [1.165, 1.54) is 0 Å². The molecule has 6 heteroatoms. The van der Waals surface area contributed by atoms with E-state index >= 15 is 0 Å². The van der Waals surface area contributed by atoms with Crippen molar-refractivity contribution in [3.8, 4) is 5.69 Å². The second-order valence-electron chi connectivity index (χ2n) is 4.86. The number of nitrogens with one attached hydrogen (secondary N) is 1. The summed E-state index contributed by atoms with van der Waals surface area (Å²) in [6.45, 7) is 0.325. The molecule has 0 radical (unpaired) electrons. The SMILES string of the molecule is O=C(NOCc1ccccc1)c1ccc(-n2cc(Br)cn2)cc1. The van der Waals surface area contributed by atoms with Gasteiger partial charge in [0, 0.05) is 11.8 Å². The summed E-state index contributed by atoms with van der Waals surface area (Å²) in [6.07, 6.45) is 3.55. The number of nitrogens with zero attached hydrogens (tertiary/aromatic N) is 2. The molecule has 0 atom stereocenters. The minimum atomic E-state index is -0.283. The molecule has 2 aromatic carbocycles. The minimum Gasteiger partial charge on any atom is -0.269 e. The molecule has 3 aromatic rings. The van der Waals surface area contributed by atoms with Crippen LogP contribution in [0, 0.1) is 0 Å². The smallest absolute Gasteiger partial charge is 0.269 e. The summed E-state index contributed by atoms with van der Waals surface area (Å²) < 4.78 is 2.62. The number of benzene rings is 2. The lowest BCUT2D eigenvalue weighted by molar-refractivity contribution is 0.0233. The van der Waals surface area contributed by atoms with Crippen molar-refractivity contribution in [1.29, 1.82) is 0 Å². The first-order valence-corrected chi connectivity index (χ1v) is 7.78. The van der Waals surface area contributed by atoms with Crippen LogP contribution in [0.4, 0.5) is 0 Å². The normalized spacial score (nSPS) is 10.5. The Kier molecular flexibility index (Phi) is 4.85. The van der Waals surface area contributed by atoms with Gasteiger partial charge in [-0.25, -0.2) is 10.2 Å². The van der Waals surface area contributed by atoms with Gasteiger partial charge in [-0.3, -0.25) is 9.63 Å². The maximum Gasteiger partial charge on any atom is 0.274 e. The summed E-state index contributed by atoms with van der Waals surface area (Å²) in [6, 6.07) is 16.8. The zero-order chi connectivity index (χ0) is 16.1. The van der Waals surface area contributed by atoms with Gasteiger partial charge in [-0.15, -0.1) is 0 Å². The number of hydroxylamine groups is 1. The monoisotopic (exact) mass is 371 g/mol. The fourth-order valence-corrected chi connectivity index (χ4v) is 2.31. The highest BCUT2D eigenvalue weighted by atomic mass is 79.9. The number of rotatable bonds is 5. The molecule has 5 nitrogen and oxygen atoms in total. The predicted octanol–water partition coefficient (Wildman–Crippen LogP) is 3.50. The molecule has 0 aliphatic rings. The van der Waals surface area contributed by atoms with Gasteiger partial charge in [-0.2, -0.15) is 5.10 Å². The van der Waals surface area contributed by atoms with Crippen LogP contribution in [-0.4, -0.2) is 15.7 Å². The molecule has 1 N–H and O–H groups in total. The average molecular weight is 372 g/mol. The number of carbonyl (C=O) groups excluding carboxylic acids is 1. The summed E-state index contributed by atoms with van der Waals surface area (Å²) in [5, 5.41) is 4.19. The first-order chi connectivity index (χ1) is 11.2. The number of halogens is 1. The average Bonchev–Trinajstić information content (AvgIpc) is 3.02. The third kappa shape index (κ3) is 4.06. The topological polar surface area (TPSA) is 56.1 Å². The zero-order valence-corrected chi connectivity index (χ0v) is 13.7. The Morgan fingerprint density at radius 3 is 2.52 bits per heavy atom. The van der Waals surface area contributed by atoms with Crippen LogP contribution in [0.25, 0.3) is 5.69 Å². The molecule has 0 bridgehead atoms. The predicted molar refractivity (Wildman–Crippen MR) is 90.0 cm³/mol. The van der Waals surface area contributed by atoms with Gasteiger partial charge in [0.2, 0.25) is 0 Å². The quantitative estimate of drug-likeness (QED) is 0.698. The number of aromatic nitrogens is 2. The van der Waals surface area contributed by atoms with Gasteiger partial charge in [0.05, 0.1) is 23.0 Å². The van der Waals surface area contributed by atoms with Crippen LogP contribution in [0.3, 0.4) is 0 Å². The van der Waals surface area contributed by atoms with Crippen LogP contribution < -0.4 is 5.48 Å². The number of amides is 1. The Hall–Kier alpha value is -2.44. The van der Waals surface area contributed by atoms with Gasteiger partial charge in [-0.05, 0) is 45.8 Å². The highest BCUT2D eigenvalue weighted by Crippen LogP contribution is 2.13. The van der Waals surface area contributed by atoms with Gasteiger partial charge >= 0.3 is 0 Å². The molecular formula is C17H14BrN3O2. The Bertz CT molecular complexity index is 785. The van der Waals surface area contributed by atoms with E-state index in [9.17, 15) is 4.79 Å². The van der Waals surface area contributed by atoms with Crippen molar-refractivity contribution in [2.45, 2.75) is 6.61 Å². The van der Waals surface area contributed by atoms with Crippen molar-refractivity contribution < 1.29 is 9.63 Å². The number of hydrogen-bond donors (Lipinski definition) is 1. The molecule has 0 saturated heterocycles. The number of carbonyl (C=O) groups is 1. The van der Waals surface area contributed by atoms with Crippen LogP contribution in [0.1, 0.15) is 15.9 Å². The van der Waals surface area contributed by atoms with Gasteiger partial charge in [0.15, 0.2) is 0 Å². The highest BCUT2D eigenvalue weighted by molar-refractivity contribution is 9.10. The Labute approximate surface area is 142 Å². The number of hydrogen-bond acceptors (Lipinski definition) is 3. The minimum absolute atomic E-state index is 0.283. The zero-order valence-electron chi connectivity index (χ0n) is 12.1. The Morgan fingerprint density at radius 2 is 1.87 bits per heavy atom. The third-order valence-electron chi connectivity index (χ3n) is 3.19. The lowest BCUT2D eigenvalue weighted by Gasteiger charge is -2.07. The molecule has 0 aliphatic heterocycles. The van der Waals surface area contributed by atoms with E-state index in [2.05, 4.69) is 26.5 Å². The van der Waals surface area contributed by atoms with Crippen molar-refractivity contribution in [3.05, 3.63) is 82.6 Å². The van der Waals surface area contributed by atoms with Crippen LogP contribution in [0.5, 0.6) is 0 Å². The van der Waals surface area contributed by atoms with Crippen molar-refractivity contribution >= 4 is 21.8 Å². The fraction of sp³-hybridized carbons (Fsp3) is 0.0588. The summed E-state index contributed by atoms with van der Waals surface area (Å²) in [5.74, 6) is -0.283. The lowest BCUT2D eigenvalue weighted by atomic mass is 10.2. The summed E-state index contributed by atoms with van der Waals surface area (Å²) in [5.41, 5.74) is 4.83. The summed E-state index contributed by atoms with van der Waals surface area (Å²) >= 11 is 3.35. The molecule has 0 aliphatic carbocycles. The second-order valence-corrected chi connectivity index (χ2v) is 5.77. The van der Waals surface area contributed by atoms with E-state index in [0.29, 0.717) is 12.2 Å². The van der Waals surface area contributed by atoms with Crippen LogP contribution in [-0.2, 0) is 11.4 Å². The molecule has 0 spiro atoms. The molecule has 0 unspecified atom stereocenters. The summed E-state index contributed by atoms with van der Waals surface area (Å²) in [4.78, 5) is 17.3. The van der Waals surface area contributed by atoms with Gasteiger partial charge in [-0.1, -0.05) is 30.3 Å².